The molecule has 0 saturated heterocycles. The number of carbonyl (C=O) groups is 1. The second kappa shape index (κ2) is 7.75. The SMILES string of the molecule is C[NH+](C)CCOC(=O)[C@@](O)(c1ccccc1)C1CCCCC1. The van der Waals surface area contributed by atoms with Gasteiger partial charge in [0.15, 0.2) is 5.60 Å². The minimum Gasteiger partial charge on any atom is -0.457 e. The Morgan fingerprint density at radius 2 is 1.86 bits per heavy atom. The molecule has 4 nitrogen and oxygen atoms in total. The molecule has 122 valence electrons. The first-order valence-corrected chi connectivity index (χ1v) is 8.29. The third kappa shape index (κ3) is 3.87. The van der Waals surface area contributed by atoms with Gasteiger partial charge in [-0.1, -0.05) is 49.6 Å². The second-order valence-electron chi connectivity index (χ2n) is 6.56. The molecule has 22 heavy (non-hydrogen) atoms. The zero-order chi connectivity index (χ0) is 16.0. The Morgan fingerprint density at radius 3 is 2.45 bits per heavy atom. The van der Waals surface area contributed by atoms with E-state index in [0.29, 0.717) is 12.2 Å². The van der Waals surface area contributed by atoms with Crippen molar-refractivity contribution >= 4 is 5.97 Å². The van der Waals surface area contributed by atoms with Crippen molar-refractivity contribution in [2.45, 2.75) is 37.7 Å². The maximum absolute atomic E-state index is 12.7. The van der Waals surface area contributed by atoms with Crippen LogP contribution in [0.3, 0.4) is 0 Å². The van der Waals surface area contributed by atoms with Gasteiger partial charge in [0.2, 0.25) is 0 Å². The van der Waals surface area contributed by atoms with Gasteiger partial charge >= 0.3 is 5.97 Å². The van der Waals surface area contributed by atoms with Crippen LogP contribution in [0.25, 0.3) is 0 Å². The number of ether oxygens (including phenoxy) is 1. The third-order valence-electron chi connectivity index (χ3n) is 4.56. The van der Waals surface area contributed by atoms with Crippen LogP contribution >= 0.6 is 0 Å². The van der Waals surface area contributed by atoms with E-state index < -0.39 is 11.6 Å². The Balaban J connectivity index is 2.19. The fourth-order valence-electron chi connectivity index (χ4n) is 3.19. The summed E-state index contributed by atoms with van der Waals surface area (Å²) < 4.78 is 5.42. The normalized spacial score (nSPS) is 18.9. The van der Waals surface area contributed by atoms with E-state index in [-0.39, 0.29) is 5.92 Å². The molecule has 2 N–H and O–H groups in total. The quantitative estimate of drug-likeness (QED) is 0.775. The number of carbonyl (C=O) groups excluding carboxylic acids is 1. The Bertz CT molecular complexity index is 468. The van der Waals surface area contributed by atoms with Crippen LogP contribution in [0.5, 0.6) is 0 Å². The highest BCUT2D eigenvalue weighted by Crippen LogP contribution is 2.40. The number of hydrogen-bond donors (Lipinski definition) is 2. The molecule has 1 saturated carbocycles. The molecule has 1 aliphatic rings. The van der Waals surface area contributed by atoms with Crippen molar-refractivity contribution < 1.29 is 19.5 Å². The molecular weight excluding hydrogens is 278 g/mol. The topological polar surface area (TPSA) is 51.0 Å². The van der Waals surface area contributed by atoms with Crippen LogP contribution in [0.2, 0.25) is 0 Å². The lowest BCUT2D eigenvalue weighted by molar-refractivity contribution is -0.858. The third-order valence-corrected chi connectivity index (χ3v) is 4.56. The van der Waals surface area contributed by atoms with Gasteiger partial charge in [0, 0.05) is 5.92 Å². The van der Waals surface area contributed by atoms with Crippen molar-refractivity contribution in [3.63, 3.8) is 0 Å². The summed E-state index contributed by atoms with van der Waals surface area (Å²) in [4.78, 5) is 13.9. The van der Waals surface area contributed by atoms with Gasteiger partial charge < -0.3 is 14.7 Å². The van der Waals surface area contributed by atoms with Crippen molar-refractivity contribution in [2.24, 2.45) is 5.92 Å². The summed E-state index contributed by atoms with van der Waals surface area (Å²) in [6, 6.07) is 9.27. The highest BCUT2D eigenvalue weighted by atomic mass is 16.5. The molecule has 0 unspecified atom stereocenters. The molecule has 0 aliphatic heterocycles. The number of rotatable bonds is 6. The number of esters is 1. The average Bonchev–Trinajstić information content (AvgIpc) is 2.55. The smallest absolute Gasteiger partial charge is 0.343 e. The van der Waals surface area contributed by atoms with Crippen LogP contribution in [0.1, 0.15) is 37.7 Å². The molecule has 2 rings (SSSR count). The lowest BCUT2D eigenvalue weighted by atomic mass is 9.73. The largest absolute Gasteiger partial charge is 0.457 e. The predicted molar refractivity (Wildman–Crippen MR) is 85.6 cm³/mol. The van der Waals surface area contributed by atoms with Crippen LogP contribution in [-0.2, 0) is 15.1 Å². The second-order valence-corrected chi connectivity index (χ2v) is 6.56. The molecule has 1 aromatic rings. The van der Waals surface area contributed by atoms with Crippen LogP contribution in [-0.4, -0.2) is 38.3 Å². The molecule has 0 heterocycles. The standard InChI is InChI=1S/C18H27NO3/c1-19(2)13-14-22-17(20)18(21,15-9-5-3-6-10-15)16-11-7-4-8-12-16/h3,5-6,9-10,16,21H,4,7-8,11-14H2,1-2H3/p+1/t18-/m1/s1. The number of likely N-dealkylation sites (N-methyl/N-ethyl adjacent to an activating group) is 1. The molecule has 0 amide bonds. The van der Waals surface area contributed by atoms with Crippen molar-refractivity contribution in [1.82, 2.24) is 0 Å². The number of quaternary nitrogens is 1. The molecular formula is C18H28NO3+. The van der Waals surface area contributed by atoms with Gasteiger partial charge in [0.25, 0.3) is 0 Å². The molecule has 1 aromatic carbocycles. The van der Waals surface area contributed by atoms with E-state index >= 15 is 0 Å². The van der Waals surface area contributed by atoms with E-state index in [2.05, 4.69) is 0 Å². The number of nitrogens with one attached hydrogen (secondary N) is 1. The first-order valence-electron chi connectivity index (χ1n) is 8.29. The molecule has 0 bridgehead atoms. The molecule has 0 spiro atoms. The zero-order valence-electron chi connectivity index (χ0n) is 13.7. The van der Waals surface area contributed by atoms with Gasteiger partial charge in [-0.05, 0) is 18.4 Å². The van der Waals surface area contributed by atoms with E-state index in [1.54, 1.807) is 0 Å². The van der Waals surface area contributed by atoms with Gasteiger partial charge in [0.1, 0.15) is 13.2 Å². The van der Waals surface area contributed by atoms with E-state index in [0.717, 1.165) is 32.2 Å². The summed E-state index contributed by atoms with van der Waals surface area (Å²) >= 11 is 0. The molecule has 1 atom stereocenters. The Morgan fingerprint density at radius 1 is 1.23 bits per heavy atom. The molecule has 1 fully saturated rings. The van der Waals surface area contributed by atoms with Gasteiger partial charge in [-0.2, -0.15) is 0 Å². The van der Waals surface area contributed by atoms with E-state index in [9.17, 15) is 9.90 Å². The maximum atomic E-state index is 12.7. The summed E-state index contributed by atoms with van der Waals surface area (Å²) in [7, 11) is 4.02. The van der Waals surface area contributed by atoms with Crippen LogP contribution in [0.4, 0.5) is 0 Å². The van der Waals surface area contributed by atoms with E-state index in [4.69, 9.17) is 4.74 Å². The molecule has 0 aromatic heterocycles. The first-order chi connectivity index (χ1) is 10.5. The van der Waals surface area contributed by atoms with E-state index in [1.807, 2.05) is 44.4 Å². The molecule has 4 heteroatoms. The van der Waals surface area contributed by atoms with Crippen LogP contribution < -0.4 is 4.90 Å². The predicted octanol–water partition coefficient (Wildman–Crippen LogP) is 1.14. The van der Waals surface area contributed by atoms with Gasteiger partial charge in [-0.25, -0.2) is 4.79 Å². The highest BCUT2D eigenvalue weighted by molar-refractivity contribution is 5.81. The molecule has 0 radical (unpaired) electrons. The summed E-state index contributed by atoms with van der Waals surface area (Å²) in [5.41, 5.74) is -0.854. The Kier molecular flexibility index (Phi) is 5.98. The van der Waals surface area contributed by atoms with E-state index in [1.165, 1.54) is 11.3 Å². The summed E-state index contributed by atoms with van der Waals surface area (Å²) in [6.07, 6.45) is 5.06. The maximum Gasteiger partial charge on any atom is 0.343 e. The van der Waals surface area contributed by atoms with Gasteiger partial charge in [0.05, 0.1) is 14.1 Å². The van der Waals surface area contributed by atoms with Crippen molar-refractivity contribution in [3.8, 4) is 0 Å². The van der Waals surface area contributed by atoms with Gasteiger partial charge in [-0.15, -0.1) is 0 Å². The van der Waals surface area contributed by atoms with Crippen molar-refractivity contribution in [3.05, 3.63) is 35.9 Å². The monoisotopic (exact) mass is 306 g/mol. The summed E-state index contributed by atoms with van der Waals surface area (Å²) in [5, 5.41) is 11.3. The first kappa shape index (κ1) is 17.0. The number of aliphatic hydroxyl groups is 1. The Labute approximate surface area is 133 Å². The van der Waals surface area contributed by atoms with Crippen molar-refractivity contribution in [2.75, 3.05) is 27.2 Å². The fourth-order valence-corrected chi connectivity index (χ4v) is 3.19. The lowest BCUT2D eigenvalue weighted by Crippen LogP contribution is -3.06. The van der Waals surface area contributed by atoms with Crippen LogP contribution in [0, 0.1) is 5.92 Å². The lowest BCUT2D eigenvalue weighted by Gasteiger charge is -2.36. The van der Waals surface area contributed by atoms with Gasteiger partial charge in [-0.3, -0.25) is 0 Å². The number of hydrogen-bond acceptors (Lipinski definition) is 3. The minimum absolute atomic E-state index is 0.0529. The Hall–Kier alpha value is -1.39. The molecule has 1 aliphatic carbocycles. The average molecular weight is 306 g/mol. The van der Waals surface area contributed by atoms with Crippen LogP contribution in [0.15, 0.2) is 30.3 Å². The summed E-state index contributed by atoms with van der Waals surface area (Å²) in [5.74, 6) is -0.547. The zero-order valence-corrected chi connectivity index (χ0v) is 13.7. The minimum atomic E-state index is -1.51. The van der Waals surface area contributed by atoms with Crippen molar-refractivity contribution in [1.29, 1.82) is 0 Å². The fraction of sp³-hybridized carbons (Fsp3) is 0.611. The highest BCUT2D eigenvalue weighted by Gasteiger charge is 2.47. The summed E-state index contributed by atoms with van der Waals surface area (Å²) in [6.45, 7) is 1.07. The number of benzene rings is 1.